The van der Waals surface area contributed by atoms with Crippen LogP contribution in [0.15, 0.2) is 18.2 Å². The summed E-state index contributed by atoms with van der Waals surface area (Å²) >= 11 is 3.44. The third kappa shape index (κ3) is 3.62. The summed E-state index contributed by atoms with van der Waals surface area (Å²) < 4.78 is 16.7. The van der Waals surface area contributed by atoms with Crippen molar-refractivity contribution < 1.29 is 14.2 Å². The summed E-state index contributed by atoms with van der Waals surface area (Å²) in [5, 5.41) is 0.819. The molecule has 4 heteroatoms. The highest BCUT2D eigenvalue weighted by Crippen LogP contribution is 2.29. The molecular weight excluding hydrogens is 296 g/mol. The summed E-state index contributed by atoms with van der Waals surface area (Å²) in [5.41, 5.74) is 1.18. The Morgan fingerprint density at radius 3 is 2.94 bits per heavy atom. The van der Waals surface area contributed by atoms with Gasteiger partial charge in [0.05, 0.1) is 19.8 Å². The lowest BCUT2D eigenvalue weighted by molar-refractivity contribution is 0.0899. The van der Waals surface area contributed by atoms with E-state index in [4.69, 9.17) is 14.2 Å². The molecule has 0 amide bonds. The van der Waals surface area contributed by atoms with E-state index in [1.165, 1.54) is 12.0 Å². The third-order valence-corrected chi connectivity index (χ3v) is 3.75. The lowest BCUT2D eigenvalue weighted by Crippen LogP contribution is -2.11. The molecule has 1 aliphatic heterocycles. The molecule has 1 unspecified atom stereocenters. The van der Waals surface area contributed by atoms with Crippen LogP contribution in [-0.2, 0) is 10.1 Å². The fourth-order valence-electron chi connectivity index (χ4n) is 2.09. The molecule has 1 atom stereocenters. The molecule has 1 fully saturated rings. The quantitative estimate of drug-likeness (QED) is 0.752. The second kappa shape index (κ2) is 7.00. The molecule has 3 nitrogen and oxygen atoms in total. The van der Waals surface area contributed by atoms with Crippen LogP contribution in [0.2, 0.25) is 0 Å². The fourth-order valence-corrected chi connectivity index (χ4v) is 2.44. The molecule has 1 aromatic carbocycles. The van der Waals surface area contributed by atoms with Crippen LogP contribution in [0.4, 0.5) is 0 Å². The first-order chi connectivity index (χ1) is 8.83. The van der Waals surface area contributed by atoms with Gasteiger partial charge in [0.1, 0.15) is 0 Å². The van der Waals surface area contributed by atoms with Crippen LogP contribution >= 0.6 is 15.9 Å². The molecule has 1 aromatic rings. The van der Waals surface area contributed by atoms with E-state index < -0.39 is 0 Å². The normalized spacial score (nSPS) is 18.9. The minimum absolute atomic E-state index is 0.371. The zero-order chi connectivity index (χ0) is 12.8. The molecular formula is C14H19BrO3. The molecule has 1 saturated heterocycles. The summed E-state index contributed by atoms with van der Waals surface area (Å²) in [5.74, 6) is 1.60. The van der Waals surface area contributed by atoms with Gasteiger partial charge in [-0.25, -0.2) is 0 Å². The molecule has 1 heterocycles. The number of methoxy groups -OCH3 is 1. The topological polar surface area (TPSA) is 27.7 Å². The molecule has 0 bridgehead atoms. The standard InChI is InChI=1S/C14H19BrO3/c1-16-13-5-4-11(10-15)9-14(13)18-8-6-12-3-2-7-17-12/h4-5,9,12H,2-3,6-8,10H2,1H3. The molecule has 0 aromatic heterocycles. The molecule has 18 heavy (non-hydrogen) atoms. The Morgan fingerprint density at radius 2 is 2.28 bits per heavy atom. The first-order valence-corrected chi connectivity index (χ1v) is 7.43. The van der Waals surface area contributed by atoms with Crippen molar-refractivity contribution in [2.45, 2.75) is 30.7 Å². The molecule has 0 N–H and O–H groups in total. The van der Waals surface area contributed by atoms with E-state index in [0.29, 0.717) is 12.7 Å². The lowest BCUT2D eigenvalue weighted by atomic mass is 10.2. The molecule has 100 valence electrons. The number of hydrogen-bond donors (Lipinski definition) is 0. The Bertz CT molecular complexity index is 375. The van der Waals surface area contributed by atoms with Gasteiger partial charge in [-0.2, -0.15) is 0 Å². The Balaban J connectivity index is 1.89. The largest absolute Gasteiger partial charge is 0.493 e. The third-order valence-electron chi connectivity index (χ3n) is 3.10. The predicted molar refractivity (Wildman–Crippen MR) is 74.7 cm³/mol. The lowest BCUT2D eigenvalue weighted by Gasteiger charge is -2.13. The maximum atomic E-state index is 5.81. The maximum absolute atomic E-state index is 5.81. The number of halogens is 1. The van der Waals surface area contributed by atoms with E-state index in [1.807, 2.05) is 18.2 Å². The average molecular weight is 315 g/mol. The summed E-state index contributed by atoms with van der Waals surface area (Å²) in [6.45, 7) is 1.57. The van der Waals surface area contributed by atoms with Crippen molar-refractivity contribution in [1.82, 2.24) is 0 Å². The Morgan fingerprint density at radius 1 is 1.39 bits per heavy atom. The zero-order valence-electron chi connectivity index (χ0n) is 10.7. The van der Waals surface area contributed by atoms with Crippen molar-refractivity contribution >= 4 is 15.9 Å². The summed E-state index contributed by atoms with van der Waals surface area (Å²) in [6.07, 6.45) is 3.65. The van der Waals surface area contributed by atoms with E-state index in [2.05, 4.69) is 15.9 Å². The van der Waals surface area contributed by atoms with Crippen molar-refractivity contribution in [2.75, 3.05) is 20.3 Å². The average Bonchev–Trinajstić information content (AvgIpc) is 2.92. The van der Waals surface area contributed by atoms with Crippen LogP contribution in [0.5, 0.6) is 11.5 Å². The smallest absolute Gasteiger partial charge is 0.161 e. The van der Waals surface area contributed by atoms with Crippen LogP contribution in [0.1, 0.15) is 24.8 Å². The highest BCUT2D eigenvalue weighted by atomic mass is 79.9. The maximum Gasteiger partial charge on any atom is 0.161 e. The van der Waals surface area contributed by atoms with Crippen molar-refractivity contribution in [3.8, 4) is 11.5 Å². The number of rotatable bonds is 6. The Labute approximate surface area is 117 Å². The predicted octanol–water partition coefficient (Wildman–Crippen LogP) is 3.54. The summed E-state index contributed by atoms with van der Waals surface area (Å²) in [7, 11) is 1.66. The second-order valence-electron chi connectivity index (χ2n) is 4.39. The van der Waals surface area contributed by atoms with Gasteiger partial charge in [0.2, 0.25) is 0 Å². The van der Waals surface area contributed by atoms with Crippen LogP contribution in [-0.4, -0.2) is 26.4 Å². The van der Waals surface area contributed by atoms with Gasteiger partial charge >= 0.3 is 0 Å². The van der Waals surface area contributed by atoms with Gasteiger partial charge in [-0.15, -0.1) is 0 Å². The molecule has 0 saturated carbocycles. The minimum Gasteiger partial charge on any atom is -0.493 e. The number of hydrogen-bond acceptors (Lipinski definition) is 3. The van der Waals surface area contributed by atoms with Gasteiger partial charge in [-0.3, -0.25) is 0 Å². The highest BCUT2D eigenvalue weighted by Gasteiger charge is 2.15. The van der Waals surface area contributed by atoms with E-state index in [9.17, 15) is 0 Å². The van der Waals surface area contributed by atoms with Crippen molar-refractivity contribution in [2.24, 2.45) is 0 Å². The van der Waals surface area contributed by atoms with Gasteiger partial charge in [0.15, 0.2) is 11.5 Å². The van der Waals surface area contributed by atoms with Crippen molar-refractivity contribution in [1.29, 1.82) is 0 Å². The molecule has 0 aliphatic carbocycles. The number of alkyl halides is 1. The van der Waals surface area contributed by atoms with E-state index >= 15 is 0 Å². The zero-order valence-corrected chi connectivity index (χ0v) is 12.2. The Kier molecular flexibility index (Phi) is 5.32. The second-order valence-corrected chi connectivity index (χ2v) is 4.95. The van der Waals surface area contributed by atoms with E-state index in [1.54, 1.807) is 7.11 Å². The van der Waals surface area contributed by atoms with Gasteiger partial charge in [0.25, 0.3) is 0 Å². The first kappa shape index (κ1) is 13.7. The van der Waals surface area contributed by atoms with Gasteiger partial charge in [0, 0.05) is 18.4 Å². The van der Waals surface area contributed by atoms with Crippen LogP contribution < -0.4 is 9.47 Å². The number of ether oxygens (including phenoxy) is 3. The van der Waals surface area contributed by atoms with Gasteiger partial charge < -0.3 is 14.2 Å². The molecule has 0 radical (unpaired) electrons. The Hall–Kier alpha value is -0.740. The fraction of sp³-hybridized carbons (Fsp3) is 0.571. The molecule has 2 rings (SSSR count). The minimum atomic E-state index is 0.371. The first-order valence-electron chi connectivity index (χ1n) is 6.30. The summed E-state index contributed by atoms with van der Waals surface area (Å²) in [6, 6.07) is 5.99. The van der Waals surface area contributed by atoms with Crippen LogP contribution in [0.25, 0.3) is 0 Å². The van der Waals surface area contributed by atoms with E-state index in [0.717, 1.165) is 36.3 Å². The summed E-state index contributed by atoms with van der Waals surface area (Å²) in [4.78, 5) is 0. The van der Waals surface area contributed by atoms with Gasteiger partial charge in [-0.05, 0) is 30.5 Å². The van der Waals surface area contributed by atoms with Crippen LogP contribution in [0, 0.1) is 0 Å². The molecule has 0 spiro atoms. The van der Waals surface area contributed by atoms with Crippen LogP contribution in [0.3, 0.4) is 0 Å². The number of benzene rings is 1. The van der Waals surface area contributed by atoms with Crippen molar-refractivity contribution in [3.05, 3.63) is 23.8 Å². The van der Waals surface area contributed by atoms with E-state index in [-0.39, 0.29) is 0 Å². The highest BCUT2D eigenvalue weighted by molar-refractivity contribution is 9.08. The van der Waals surface area contributed by atoms with Gasteiger partial charge in [-0.1, -0.05) is 22.0 Å². The van der Waals surface area contributed by atoms with Crippen molar-refractivity contribution in [3.63, 3.8) is 0 Å². The molecule has 1 aliphatic rings. The monoisotopic (exact) mass is 314 g/mol. The SMILES string of the molecule is COc1ccc(CBr)cc1OCCC1CCCO1.